The summed E-state index contributed by atoms with van der Waals surface area (Å²) in [4.78, 5) is 12.8. The van der Waals surface area contributed by atoms with Crippen molar-refractivity contribution in [1.29, 1.82) is 0 Å². The fourth-order valence-corrected chi connectivity index (χ4v) is 3.16. The highest BCUT2D eigenvalue weighted by Crippen LogP contribution is 2.24. The molecule has 0 aromatic heterocycles. The van der Waals surface area contributed by atoms with Gasteiger partial charge in [0.05, 0.1) is 6.04 Å². The molecule has 0 aliphatic heterocycles. The van der Waals surface area contributed by atoms with Crippen LogP contribution in [-0.2, 0) is 4.79 Å². The second kappa shape index (κ2) is 8.39. The van der Waals surface area contributed by atoms with Crippen LogP contribution in [0.2, 0.25) is 0 Å². The molecule has 0 saturated carbocycles. The molecule has 0 bridgehead atoms. The lowest BCUT2D eigenvalue weighted by Gasteiger charge is -2.23. The average molecular weight is 354 g/mol. The number of hydrogen-bond acceptors (Lipinski definition) is 2. The molecule has 0 unspecified atom stereocenters. The van der Waals surface area contributed by atoms with Gasteiger partial charge in [-0.2, -0.15) is 0 Å². The van der Waals surface area contributed by atoms with Crippen LogP contribution in [0, 0.1) is 34.6 Å². The molecule has 0 aliphatic rings. The number of benzene rings is 2. The Balaban J connectivity index is 2.14. The van der Waals surface area contributed by atoms with Crippen molar-refractivity contribution < 1.29 is 9.53 Å². The van der Waals surface area contributed by atoms with E-state index in [9.17, 15) is 4.79 Å². The topological polar surface area (TPSA) is 38.3 Å². The number of nitrogens with one attached hydrogen (secondary N) is 1. The summed E-state index contributed by atoms with van der Waals surface area (Å²) in [5, 5.41) is 3.13. The molecule has 2 aromatic carbocycles. The summed E-state index contributed by atoms with van der Waals surface area (Å²) >= 11 is 0. The Morgan fingerprint density at radius 1 is 1.00 bits per heavy atom. The van der Waals surface area contributed by atoms with Crippen LogP contribution in [0.4, 0.5) is 0 Å². The summed E-state index contributed by atoms with van der Waals surface area (Å²) in [5.41, 5.74) is 7.11. The van der Waals surface area contributed by atoms with E-state index in [1.807, 2.05) is 45.9 Å². The Bertz CT molecular complexity index is 795. The fourth-order valence-electron chi connectivity index (χ4n) is 3.16. The van der Waals surface area contributed by atoms with E-state index in [0.717, 1.165) is 22.4 Å². The van der Waals surface area contributed by atoms with E-state index in [0.29, 0.717) is 6.42 Å². The number of carbonyl (C=O) groups excluding carboxylic acids is 1. The Labute approximate surface area is 157 Å². The minimum atomic E-state index is -0.496. The van der Waals surface area contributed by atoms with Gasteiger partial charge in [-0.1, -0.05) is 31.2 Å². The smallest absolute Gasteiger partial charge is 0.261 e. The van der Waals surface area contributed by atoms with Crippen molar-refractivity contribution in [3.8, 4) is 5.75 Å². The normalized spacial score (nSPS) is 13.2. The molecule has 0 fully saturated rings. The van der Waals surface area contributed by atoms with Crippen molar-refractivity contribution in [2.24, 2.45) is 0 Å². The van der Waals surface area contributed by atoms with E-state index < -0.39 is 6.10 Å². The molecule has 2 rings (SSSR count). The van der Waals surface area contributed by atoms with Crippen LogP contribution in [-0.4, -0.2) is 12.0 Å². The minimum Gasteiger partial charge on any atom is -0.480 e. The van der Waals surface area contributed by atoms with E-state index in [1.165, 1.54) is 16.7 Å². The van der Waals surface area contributed by atoms with Crippen LogP contribution in [0.15, 0.2) is 30.3 Å². The molecule has 2 atom stereocenters. The van der Waals surface area contributed by atoms with Crippen molar-refractivity contribution in [3.05, 3.63) is 63.7 Å². The molecule has 2 aromatic rings. The second-order valence-electron chi connectivity index (χ2n) is 7.24. The maximum atomic E-state index is 12.8. The quantitative estimate of drug-likeness (QED) is 0.769. The predicted molar refractivity (Wildman–Crippen MR) is 108 cm³/mol. The molecule has 26 heavy (non-hydrogen) atoms. The van der Waals surface area contributed by atoms with Gasteiger partial charge >= 0.3 is 0 Å². The fraction of sp³-hybridized carbons (Fsp3) is 0.435. The Morgan fingerprint density at radius 2 is 1.65 bits per heavy atom. The van der Waals surface area contributed by atoms with Gasteiger partial charge in [0.25, 0.3) is 5.91 Å². The average Bonchev–Trinajstić information content (AvgIpc) is 2.59. The molecule has 3 heteroatoms. The second-order valence-corrected chi connectivity index (χ2v) is 7.24. The van der Waals surface area contributed by atoms with Crippen LogP contribution in [0.1, 0.15) is 59.7 Å². The van der Waals surface area contributed by atoms with Gasteiger partial charge in [-0.25, -0.2) is 0 Å². The third-order valence-electron chi connectivity index (χ3n) is 5.20. The van der Waals surface area contributed by atoms with Gasteiger partial charge in [0.1, 0.15) is 5.75 Å². The van der Waals surface area contributed by atoms with E-state index in [2.05, 4.69) is 38.2 Å². The summed E-state index contributed by atoms with van der Waals surface area (Å²) in [7, 11) is 0. The summed E-state index contributed by atoms with van der Waals surface area (Å²) < 4.78 is 6.03. The van der Waals surface area contributed by atoms with Crippen molar-refractivity contribution in [2.75, 3.05) is 0 Å². The first-order valence-electron chi connectivity index (χ1n) is 9.35. The summed E-state index contributed by atoms with van der Waals surface area (Å²) in [6, 6.07) is 10.2. The number of aryl methyl sites for hydroxylation is 4. The van der Waals surface area contributed by atoms with Gasteiger partial charge in [-0.15, -0.1) is 0 Å². The molecular formula is C23H31NO2. The molecule has 0 saturated heterocycles. The molecule has 0 radical (unpaired) electrons. The van der Waals surface area contributed by atoms with Gasteiger partial charge < -0.3 is 10.1 Å². The van der Waals surface area contributed by atoms with Crippen molar-refractivity contribution >= 4 is 5.91 Å². The summed E-state index contributed by atoms with van der Waals surface area (Å²) in [6.07, 6.45) is 0.127. The number of rotatable bonds is 6. The minimum absolute atomic E-state index is 0.0574. The number of hydrogen-bond donors (Lipinski definition) is 1. The molecule has 1 N–H and O–H groups in total. The van der Waals surface area contributed by atoms with E-state index >= 15 is 0 Å². The van der Waals surface area contributed by atoms with Crippen LogP contribution < -0.4 is 10.1 Å². The largest absolute Gasteiger partial charge is 0.480 e. The van der Waals surface area contributed by atoms with Crippen molar-refractivity contribution in [2.45, 2.75) is 67.0 Å². The number of ether oxygens (including phenoxy) is 1. The molecule has 140 valence electrons. The molecule has 0 aliphatic carbocycles. The third kappa shape index (κ3) is 4.46. The SMILES string of the molecule is CC[C@@H](Oc1cccc(C)c1C)C(=O)N[C@H](C)c1cc(C)c(C)cc1C. The van der Waals surface area contributed by atoms with Gasteiger partial charge in [0.15, 0.2) is 6.10 Å². The molecule has 1 amide bonds. The molecule has 3 nitrogen and oxygen atoms in total. The van der Waals surface area contributed by atoms with E-state index in [-0.39, 0.29) is 11.9 Å². The van der Waals surface area contributed by atoms with E-state index in [4.69, 9.17) is 4.74 Å². The third-order valence-corrected chi connectivity index (χ3v) is 5.20. The van der Waals surface area contributed by atoms with Crippen LogP contribution in [0.3, 0.4) is 0 Å². The van der Waals surface area contributed by atoms with Gasteiger partial charge in [0.2, 0.25) is 0 Å². The van der Waals surface area contributed by atoms with Gasteiger partial charge in [0, 0.05) is 0 Å². The maximum absolute atomic E-state index is 12.8. The van der Waals surface area contributed by atoms with Crippen LogP contribution in [0.5, 0.6) is 5.75 Å². The summed E-state index contributed by atoms with van der Waals surface area (Å²) in [5.74, 6) is 0.709. The standard InChI is InChI=1S/C23H31NO2/c1-8-21(26-22-11-9-10-14(2)18(22)6)23(25)24-19(7)20-13-16(4)15(3)12-17(20)5/h9-13,19,21H,8H2,1-7H3,(H,24,25)/t19-,21-/m1/s1. The highest BCUT2D eigenvalue weighted by molar-refractivity contribution is 5.81. The highest BCUT2D eigenvalue weighted by Gasteiger charge is 2.22. The van der Waals surface area contributed by atoms with Crippen LogP contribution >= 0.6 is 0 Å². The highest BCUT2D eigenvalue weighted by atomic mass is 16.5. The lowest BCUT2D eigenvalue weighted by atomic mass is 9.96. The molecular weight excluding hydrogens is 322 g/mol. The van der Waals surface area contributed by atoms with Gasteiger partial charge in [-0.3, -0.25) is 4.79 Å². The lowest BCUT2D eigenvalue weighted by Crippen LogP contribution is -2.39. The van der Waals surface area contributed by atoms with Gasteiger partial charge in [-0.05, 0) is 87.4 Å². The van der Waals surface area contributed by atoms with Crippen molar-refractivity contribution in [3.63, 3.8) is 0 Å². The molecule has 0 heterocycles. The predicted octanol–water partition coefficient (Wildman–Crippen LogP) is 5.26. The Hall–Kier alpha value is -2.29. The monoisotopic (exact) mass is 353 g/mol. The Morgan fingerprint density at radius 3 is 2.31 bits per heavy atom. The number of amides is 1. The van der Waals surface area contributed by atoms with Crippen molar-refractivity contribution in [1.82, 2.24) is 5.32 Å². The maximum Gasteiger partial charge on any atom is 0.261 e. The summed E-state index contributed by atoms with van der Waals surface area (Å²) in [6.45, 7) is 14.4. The lowest BCUT2D eigenvalue weighted by molar-refractivity contribution is -0.128. The number of carbonyl (C=O) groups is 1. The zero-order valence-corrected chi connectivity index (χ0v) is 17.1. The first kappa shape index (κ1) is 20.0. The first-order chi connectivity index (χ1) is 12.2. The van der Waals surface area contributed by atoms with E-state index in [1.54, 1.807) is 0 Å². The van der Waals surface area contributed by atoms with Crippen LogP contribution in [0.25, 0.3) is 0 Å². The molecule has 0 spiro atoms. The Kier molecular flexibility index (Phi) is 6.47. The zero-order chi connectivity index (χ0) is 19.4. The zero-order valence-electron chi connectivity index (χ0n) is 17.1. The first-order valence-corrected chi connectivity index (χ1v) is 9.35.